The van der Waals surface area contributed by atoms with Crippen molar-refractivity contribution in [3.05, 3.63) is 35.4 Å². The van der Waals surface area contributed by atoms with E-state index in [1.807, 2.05) is 0 Å². The van der Waals surface area contributed by atoms with Crippen LogP contribution in [0, 0.1) is 11.8 Å². The first-order valence-corrected chi connectivity index (χ1v) is 8.30. The fraction of sp³-hybridized carbons (Fsp3) is 0.529. The van der Waals surface area contributed by atoms with E-state index < -0.39 is 0 Å². The van der Waals surface area contributed by atoms with Gasteiger partial charge in [0.1, 0.15) is 0 Å². The molecule has 1 nitrogen and oxygen atoms in total. The van der Waals surface area contributed by atoms with E-state index in [2.05, 4.69) is 69.6 Å². The third kappa shape index (κ3) is 6.31. The molecule has 0 radical (unpaired) electrons. The van der Waals surface area contributed by atoms with Crippen molar-refractivity contribution in [3.8, 4) is 0 Å². The monoisotopic (exact) mass is 277 g/mol. The minimum Gasteiger partial charge on any atom is -0.313 e. The van der Waals surface area contributed by atoms with Crippen molar-refractivity contribution >= 4 is 17.8 Å². The average Bonchev–Trinajstić information content (AvgIpc) is 2.37. The lowest BCUT2D eigenvalue weighted by molar-refractivity contribution is 0.558. The van der Waals surface area contributed by atoms with Crippen LogP contribution in [0.25, 0.3) is 6.08 Å². The third-order valence-corrected chi connectivity index (χ3v) is 3.83. The lowest BCUT2D eigenvalue weighted by atomic mass is 10.00. The molecule has 19 heavy (non-hydrogen) atoms. The fourth-order valence-electron chi connectivity index (χ4n) is 1.84. The van der Waals surface area contributed by atoms with Crippen molar-refractivity contribution < 1.29 is 0 Å². The summed E-state index contributed by atoms with van der Waals surface area (Å²) in [4.78, 5) is 1.32. The standard InChI is InChI=1S/C17H27NS/c1-13(2)11-18-12-16(14(3)4)10-15-6-8-17(19-5)9-7-15/h6-10,13-14,18H,11-12H2,1-5H3. The van der Waals surface area contributed by atoms with Gasteiger partial charge in [-0.3, -0.25) is 0 Å². The maximum atomic E-state index is 3.54. The van der Waals surface area contributed by atoms with Gasteiger partial charge in [0.05, 0.1) is 0 Å². The van der Waals surface area contributed by atoms with Crippen molar-refractivity contribution in [2.24, 2.45) is 11.8 Å². The topological polar surface area (TPSA) is 12.0 Å². The van der Waals surface area contributed by atoms with Gasteiger partial charge in [-0.05, 0) is 42.3 Å². The van der Waals surface area contributed by atoms with Crippen LogP contribution in [0.4, 0.5) is 0 Å². The molecular formula is C17H27NS. The molecule has 0 spiro atoms. The minimum absolute atomic E-state index is 0.583. The van der Waals surface area contributed by atoms with Gasteiger partial charge >= 0.3 is 0 Å². The van der Waals surface area contributed by atoms with Crippen LogP contribution in [-0.4, -0.2) is 19.3 Å². The zero-order chi connectivity index (χ0) is 14.3. The third-order valence-electron chi connectivity index (χ3n) is 3.09. The van der Waals surface area contributed by atoms with E-state index in [0.717, 1.165) is 13.1 Å². The molecule has 1 aromatic carbocycles. The Hall–Kier alpha value is -0.730. The zero-order valence-electron chi connectivity index (χ0n) is 12.9. The second kappa shape index (κ2) is 8.44. The number of benzene rings is 1. The predicted molar refractivity (Wildman–Crippen MR) is 88.7 cm³/mol. The first-order valence-electron chi connectivity index (χ1n) is 7.08. The highest BCUT2D eigenvalue weighted by Gasteiger charge is 2.04. The summed E-state index contributed by atoms with van der Waals surface area (Å²) >= 11 is 1.79. The molecule has 0 saturated carbocycles. The average molecular weight is 277 g/mol. The summed E-state index contributed by atoms with van der Waals surface area (Å²) in [6, 6.07) is 8.79. The maximum Gasteiger partial charge on any atom is 0.0170 e. The summed E-state index contributed by atoms with van der Waals surface area (Å²) in [5.41, 5.74) is 2.77. The number of rotatable bonds is 7. The smallest absolute Gasteiger partial charge is 0.0170 e. The van der Waals surface area contributed by atoms with Gasteiger partial charge in [0.15, 0.2) is 0 Å². The lowest BCUT2D eigenvalue weighted by Crippen LogP contribution is -2.23. The van der Waals surface area contributed by atoms with Crippen molar-refractivity contribution in [2.45, 2.75) is 32.6 Å². The summed E-state index contributed by atoms with van der Waals surface area (Å²) in [7, 11) is 0. The van der Waals surface area contributed by atoms with Crippen LogP contribution in [0.2, 0.25) is 0 Å². The van der Waals surface area contributed by atoms with Crippen LogP contribution in [0.3, 0.4) is 0 Å². The molecule has 0 aliphatic rings. The molecule has 1 rings (SSSR count). The molecule has 0 amide bonds. The van der Waals surface area contributed by atoms with Crippen molar-refractivity contribution in [2.75, 3.05) is 19.3 Å². The van der Waals surface area contributed by atoms with E-state index in [0.29, 0.717) is 11.8 Å². The van der Waals surface area contributed by atoms with E-state index >= 15 is 0 Å². The summed E-state index contributed by atoms with van der Waals surface area (Å²) in [5, 5.41) is 3.54. The van der Waals surface area contributed by atoms with Crippen LogP contribution >= 0.6 is 11.8 Å². The van der Waals surface area contributed by atoms with Gasteiger partial charge in [-0.25, -0.2) is 0 Å². The zero-order valence-corrected chi connectivity index (χ0v) is 13.7. The van der Waals surface area contributed by atoms with Gasteiger partial charge in [-0.15, -0.1) is 11.8 Å². The Bertz CT molecular complexity index is 390. The minimum atomic E-state index is 0.583. The summed E-state index contributed by atoms with van der Waals surface area (Å²) in [6.07, 6.45) is 4.43. The Balaban J connectivity index is 2.70. The SMILES string of the molecule is CSc1ccc(C=C(CNCC(C)C)C(C)C)cc1. The first-order chi connectivity index (χ1) is 9.02. The van der Waals surface area contributed by atoms with Crippen LogP contribution in [0.15, 0.2) is 34.7 Å². The van der Waals surface area contributed by atoms with Gasteiger partial charge in [-0.1, -0.05) is 51.5 Å². The Kier molecular flexibility index (Phi) is 7.25. The Morgan fingerprint density at radius 3 is 2.26 bits per heavy atom. The predicted octanol–water partition coefficient (Wildman–Crippen LogP) is 4.69. The molecule has 1 N–H and O–H groups in total. The largest absolute Gasteiger partial charge is 0.313 e. The van der Waals surface area contributed by atoms with E-state index in [1.54, 1.807) is 11.8 Å². The highest BCUT2D eigenvalue weighted by atomic mass is 32.2. The quantitative estimate of drug-likeness (QED) is 0.725. The highest BCUT2D eigenvalue weighted by molar-refractivity contribution is 7.98. The molecular weight excluding hydrogens is 250 g/mol. The van der Waals surface area contributed by atoms with E-state index in [1.165, 1.54) is 16.0 Å². The maximum absolute atomic E-state index is 3.54. The van der Waals surface area contributed by atoms with Crippen molar-refractivity contribution in [1.82, 2.24) is 5.32 Å². The summed E-state index contributed by atoms with van der Waals surface area (Å²) in [5.74, 6) is 1.29. The molecule has 0 aromatic heterocycles. The number of nitrogens with one attached hydrogen (secondary N) is 1. The molecule has 0 fully saturated rings. The second-order valence-corrected chi connectivity index (χ2v) is 6.55. The van der Waals surface area contributed by atoms with Gasteiger partial charge in [-0.2, -0.15) is 0 Å². The van der Waals surface area contributed by atoms with E-state index in [4.69, 9.17) is 0 Å². The van der Waals surface area contributed by atoms with Crippen molar-refractivity contribution in [3.63, 3.8) is 0 Å². The first kappa shape index (κ1) is 16.3. The molecule has 0 aliphatic carbocycles. The van der Waals surface area contributed by atoms with E-state index in [-0.39, 0.29) is 0 Å². The normalized spacial score (nSPS) is 12.5. The van der Waals surface area contributed by atoms with Crippen LogP contribution in [0.5, 0.6) is 0 Å². The molecule has 0 heterocycles. The molecule has 0 saturated heterocycles. The number of thioether (sulfide) groups is 1. The molecule has 106 valence electrons. The van der Waals surface area contributed by atoms with Gasteiger partial charge in [0, 0.05) is 11.4 Å². The Morgan fingerprint density at radius 2 is 1.79 bits per heavy atom. The van der Waals surface area contributed by atoms with Crippen molar-refractivity contribution in [1.29, 1.82) is 0 Å². The highest BCUT2D eigenvalue weighted by Crippen LogP contribution is 2.18. The summed E-state index contributed by atoms with van der Waals surface area (Å²) in [6.45, 7) is 11.1. The molecule has 2 heteroatoms. The molecule has 0 atom stereocenters. The van der Waals surface area contributed by atoms with Crippen LogP contribution < -0.4 is 5.32 Å². The Morgan fingerprint density at radius 1 is 1.16 bits per heavy atom. The van der Waals surface area contributed by atoms with E-state index in [9.17, 15) is 0 Å². The second-order valence-electron chi connectivity index (χ2n) is 5.67. The summed E-state index contributed by atoms with van der Waals surface area (Å²) < 4.78 is 0. The number of hydrogen-bond acceptors (Lipinski definition) is 2. The fourth-order valence-corrected chi connectivity index (χ4v) is 2.25. The van der Waals surface area contributed by atoms with Gasteiger partial charge < -0.3 is 5.32 Å². The molecule has 0 bridgehead atoms. The van der Waals surface area contributed by atoms with Gasteiger partial charge in [0.2, 0.25) is 0 Å². The molecule has 0 unspecified atom stereocenters. The van der Waals surface area contributed by atoms with Crippen LogP contribution in [0.1, 0.15) is 33.3 Å². The Labute approximate surface area is 122 Å². The number of hydrogen-bond donors (Lipinski definition) is 1. The molecule has 0 aliphatic heterocycles. The van der Waals surface area contributed by atoms with Gasteiger partial charge in [0.25, 0.3) is 0 Å². The van der Waals surface area contributed by atoms with Crippen LogP contribution in [-0.2, 0) is 0 Å². The molecule has 1 aromatic rings. The lowest BCUT2D eigenvalue weighted by Gasteiger charge is -2.14.